The van der Waals surface area contributed by atoms with Crippen molar-refractivity contribution in [2.45, 2.75) is 0 Å². The van der Waals surface area contributed by atoms with E-state index in [-0.39, 0.29) is 11.4 Å². The van der Waals surface area contributed by atoms with Gasteiger partial charge in [-0.15, -0.1) is 0 Å². The second-order valence-corrected chi connectivity index (χ2v) is 3.67. The van der Waals surface area contributed by atoms with Crippen LogP contribution >= 0.6 is 0 Å². The van der Waals surface area contributed by atoms with Gasteiger partial charge in [0.05, 0.1) is 11.8 Å². The normalized spacial score (nSPS) is 10.6. The van der Waals surface area contributed by atoms with E-state index in [9.17, 15) is 13.6 Å². The van der Waals surface area contributed by atoms with Gasteiger partial charge in [0.2, 0.25) is 0 Å². The van der Waals surface area contributed by atoms with Gasteiger partial charge in [-0.25, -0.2) is 13.6 Å². The smallest absolute Gasteiger partial charge is 0.313 e. The molecule has 0 aromatic heterocycles. The van der Waals surface area contributed by atoms with E-state index >= 15 is 0 Å². The lowest BCUT2D eigenvalue weighted by Crippen LogP contribution is -2.00. The number of halogens is 2. The van der Waals surface area contributed by atoms with E-state index in [1.165, 1.54) is 42.6 Å². The number of benzene rings is 2. The second-order valence-electron chi connectivity index (χ2n) is 3.67. The van der Waals surface area contributed by atoms with Crippen LogP contribution in [-0.4, -0.2) is 12.2 Å². The first kappa shape index (κ1) is 12.9. The number of oxime groups is 1. The molecule has 0 radical (unpaired) electrons. The fourth-order valence-electron chi connectivity index (χ4n) is 1.32. The molecule has 0 saturated heterocycles. The van der Waals surface area contributed by atoms with Crippen LogP contribution in [-0.2, 0) is 4.84 Å². The maximum atomic E-state index is 12.6. The summed E-state index contributed by atoms with van der Waals surface area (Å²) in [5.41, 5.74) is 0.783. The molecule has 0 spiro atoms. The fraction of sp³-hybridized carbons (Fsp3) is 0. The lowest BCUT2D eigenvalue weighted by atomic mass is 10.2. The Morgan fingerprint density at radius 3 is 2.05 bits per heavy atom. The Hall–Kier alpha value is -2.56. The fourth-order valence-corrected chi connectivity index (χ4v) is 1.32. The maximum absolute atomic E-state index is 12.6. The standard InChI is InChI=1S/C14H9F2NO2/c15-12-5-1-10(2-6-12)9-17-19-14(18)11-3-7-13(16)8-4-11/h1-9H. The highest BCUT2D eigenvalue weighted by Crippen LogP contribution is 2.05. The van der Waals surface area contributed by atoms with Crippen LogP contribution in [0.4, 0.5) is 8.78 Å². The van der Waals surface area contributed by atoms with E-state index in [0.29, 0.717) is 5.56 Å². The average molecular weight is 261 g/mol. The van der Waals surface area contributed by atoms with E-state index in [1.54, 1.807) is 0 Å². The van der Waals surface area contributed by atoms with Crippen LogP contribution in [0.1, 0.15) is 15.9 Å². The Balaban J connectivity index is 1.96. The van der Waals surface area contributed by atoms with Crippen molar-refractivity contribution in [3.8, 4) is 0 Å². The minimum Gasteiger partial charge on any atom is -0.313 e. The summed E-state index contributed by atoms with van der Waals surface area (Å²) in [6, 6.07) is 10.4. The largest absolute Gasteiger partial charge is 0.365 e. The zero-order valence-corrected chi connectivity index (χ0v) is 9.72. The van der Waals surface area contributed by atoms with Crippen molar-refractivity contribution in [2.75, 3.05) is 0 Å². The van der Waals surface area contributed by atoms with Crippen molar-refractivity contribution < 1.29 is 18.4 Å². The predicted molar refractivity (Wildman–Crippen MR) is 65.8 cm³/mol. The van der Waals surface area contributed by atoms with Crippen molar-refractivity contribution in [3.63, 3.8) is 0 Å². The van der Waals surface area contributed by atoms with Gasteiger partial charge >= 0.3 is 5.97 Å². The van der Waals surface area contributed by atoms with Gasteiger partial charge in [0.25, 0.3) is 0 Å². The van der Waals surface area contributed by atoms with E-state index in [0.717, 1.165) is 12.1 Å². The van der Waals surface area contributed by atoms with E-state index in [2.05, 4.69) is 9.99 Å². The molecule has 0 atom stereocenters. The van der Waals surface area contributed by atoms with Crippen molar-refractivity contribution in [3.05, 3.63) is 71.3 Å². The van der Waals surface area contributed by atoms with Crippen LogP contribution in [0.25, 0.3) is 0 Å². The monoisotopic (exact) mass is 261 g/mol. The van der Waals surface area contributed by atoms with Gasteiger partial charge in [0.1, 0.15) is 11.6 Å². The third-order valence-corrected chi connectivity index (χ3v) is 2.29. The summed E-state index contributed by atoms with van der Waals surface area (Å²) in [6.07, 6.45) is 1.28. The number of nitrogens with zero attached hydrogens (tertiary/aromatic N) is 1. The molecule has 5 heteroatoms. The van der Waals surface area contributed by atoms with Crippen LogP contribution in [0.3, 0.4) is 0 Å². The molecule has 0 N–H and O–H groups in total. The molecular formula is C14H9F2NO2. The Labute approximate surface area is 108 Å². The van der Waals surface area contributed by atoms with E-state index in [1.807, 2.05) is 0 Å². The third kappa shape index (κ3) is 3.70. The maximum Gasteiger partial charge on any atom is 0.365 e. The molecule has 2 aromatic carbocycles. The number of rotatable bonds is 3. The number of hydrogen-bond donors (Lipinski definition) is 0. The van der Waals surface area contributed by atoms with Gasteiger partial charge < -0.3 is 4.84 Å². The highest BCUT2D eigenvalue weighted by atomic mass is 19.1. The molecule has 19 heavy (non-hydrogen) atoms. The predicted octanol–water partition coefficient (Wildman–Crippen LogP) is 3.16. The summed E-state index contributed by atoms with van der Waals surface area (Å²) < 4.78 is 25.3. The quantitative estimate of drug-likeness (QED) is 0.483. The molecule has 0 saturated carbocycles. The number of carbonyl (C=O) groups excluding carboxylic acids is 1. The molecule has 0 aliphatic rings. The van der Waals surface area contributed by atoms with E-state index < -0.39 is 11.8 Å². The molecule has 96 valence electrons. The summed E-state index contributed by atoms with van der Waals surface area (Å²) in [6.45, 7) is 0. The zero-order chi connectivity index (χ0) is 13.7. The summed E-state index contributed by atoms with van der Waals surface area (Å²) in [5.74, 6) is -1.50. The van der Waals surface area contributed by atoms with Gasteiger partial charge in [-0.2, -0.15) is 0 Å². The summed E-state index contributed by atoms with van der Waals surface area (Å²) >= 11 is 0. The first-order chi connectivity index (χ1) is 9.15. The minimum absolute atomic E-state index is 0.192. The third-order valence-electron chi connectivity index (χ3n) is 2.29. The van der Waals surface area contributed by atoms with Gasteiger partial charge in [0.15, 0.2) is 0 Å². The molecule has 0 bridgehead atoms. The van der Waals surface area contributed by atoms with Crippen LogP contribution in [0, 0.1) is 11.6 Å². The Kier molecular flexibility index (Phi) is 3.97. The van der Waals surface area contributed by atoms with Gasteiger partial charge in [-0.3, -0.25) is 0 Å². The SMILES string of the molecule is O=C(ON=Cc1ccc(F)cc1)c1ccc(F)cc1. The minimum atomic E-state index is -0.696. The van der Waals surface area contributed by atoms with Gasteiger partial charge in [-0.1, -0.05) is 17.3 Å². The highest BCUT2D eigenvalue weighted by molar-refractivity contribution is 5.90. The van der Waals surface area contributed by atoms with Crippen LogP contribution in [0.5, 0.6) is 0 Å². The second kappa shape index (κ2) is 5.86. The Morgan fingerprint density at radius 2 is 1.47 bits per heavy atom. The van der Waals surface area contributed by atoms with Crippen molar-refractivity contribution in [2.24, 2.45) is 5.16 Å². The molecule has 2 aromatic rings. The van der Waals surface area contributed by atoms with Crippen LogP contribution in [0.15, 0.2) is 53.7 Å². The van der Waals surface area contributed by atoms with Gasteiger partial charge in [0, 0.05) is 0 Å². The Bertz CT molecular complexity index is 592. The molecule has 0 unspecified atom stereocenters. The molecule has 0 fully saturated rings. The van der Waals surface area contributed by atoms with Crippen LogP contribution < -0.4 is 0 Å². The van der Waals surface area contributed by atoms with Crippen molar-refractivity contribution in [1.29, 1.82) is 0 Å². The average Bonchev–Trinajstić information content (AvgIpc) is 2.41. The molecule has 0 aliphatic carbocycles. The number of carbonyl (C=O) groups is 1. The highest BCUT2D eigenvalue weighted by Gasteiger charge is 2.06. The molecule has 3 nitrogen and oxygen atoms in total. The summed E-state index contributed by atoms with van der Waals surface area (Å²) in [7, 11) is 0. The molecule has 2 rings (SSSR count). The van der Waals surface area contributed by atoms with Crippen LogP contribution in [0.2, 0.25) is 0 Å². The van der Waals surface area contributed by atoms with Gasteiger partial charge in [-0.05, 0) is 42.0 Å². The lowest BCUT2D eigenvalue weighted by molar-refractivity contribution is 0.0519. The molecule has 0 aliphatic heterocycles. The van der Waals surface area contributed by atoms with E-state index in [4.69, 9.17) is 0 Å². The lowest BCUT2D eigenvalue weighted by Gasteiger charge is -1.97. The Morgan fingerprint density at radius 1 is 0.947 bits per heavy atom. The summed E-state index contributed by atoms with van der Waals surface area (Å²) in [4.78, 5) is 16.1. The first-order valence-corrected chi connectivity index (χ1v) is 5.41. The van der Waals surface area contributed by atoms with Crippen molar-refractivity contribution in [1.82, 2.24) is 0 Å². The molecular weight excluding hydrogens is 252 g/mol. The number of hydrogen-bond acceptors (Lipinski definition) is 3. The first-order valence-electron chi connectivity index (χ1n) is 5.41. The molecule has 0 heterocycles. The molecule has 0 amide bonds. The van der Waals surface area contributed by atoms with Crippen molar-refractivity contribution >= 4 is 12.2 Å². The zero-order valence-electron chi connectivity index (χ0n) is 9.72. The summed E-state index contributed by atoms with van der Waals surface area (Å²) in [5, 5.41) is 3.48. The topological polar surface area (TPSA) is 38.7 Å².